The van der Waals surface area contributed by atoms with E-state index in [-0.39, 0.29) is 30.0 Å². The van der Waals surface area contributed by atoms with Gasteiger partial charge in [-0.25, -0.2) is 4.79 Å². The quantitative estimate of drug-likeness (QED) is 0.364. The predicted octanol–water partition coefficient (Wildman–Crippen LogP) is 4.87. The fourth-order valence-electron chi connectivity index (χ4n) is 4.44. The maximum atomic E-state index is 14.3. The van der Waals surface area contributed by atoms with Gasteiger partial charge >= 0.3 is 6.09 Å². The van der Waals surface area contributed by atoms with E-state index in [9.17, 15) is 19.5 Å². The van der Waals surface area contributed by atoms with Gasteiger partial charge in [-0.05, 0) is 69.7 Å². The Labute approximate surface area is 225 Å². The summed E-state index contributed by atoms with van der Waals surface area (Å²) >= 11 is 0. The molecular weight excluding hydrogens is 482 g/mol. The van der Waals surface area contributed by atoms with Crippen LogP contribution in [-0.2, 0) is 20.7 Å². The summed E-state index contributed by atoms with van der Waals surface area (Å²) < 4.78 is 5.48. The van der Waals surface area contributed by atoms with Gasteiger partial charge in [0.25, 0.3) is 0 Å². The third-order valence-electron chi connectivity index (χ3n) is 6.56. The number of nitrogens with one attached hydrogen (secondary N) is 2. The number of ether oxygens (including phenoxy) is 1. The molecule has 2 atom stereocenters. The summed E-state index contributed by atoms with van der Waals surface area (Å²) in [6, 6.07) is 13.9. The van der Waals surface area contributed by atoms with E-state index in [1.54, 1.807) is 37.8 Å². The highest BCUT2D eigenvalue weighted by Crippen LogP contribution is 2.34. The molecule has 1 saturated carbocycles. The topological polar surface area (TPSA) is 108 Å². The molecule has 0 radical (unpaired) electrons. The van der Waals surface area contributed by atoms with Crippen molar-refractivity contribution in [2.24, 2.45) is 0 Å². The molecule has 1 aliphatic carbocycles. The fraction of sp³-hybridized carbons (Fsp3) is 0.500. The summed E-state index contributed by atoms with van der Waals surface area (Å²) in [5.41, 5.74) is 0.753. The van der Waals surface area contributed by atoms with Crippen LogP contribution in [-0.4, -0.2) is 52.1 Å². The average molecular weight is 524 g/mol. The first-order valence-corrected chi connectivity index (χ1v) is 13.5. The summed E-state index contributed by atoms with van der Waals surface area (Å²) in [4.78, 5) is 42.4. The standard InChI is InChI=1S/C30H41N3O5/c1-5-6-19-31-27(35)26(22-15-17-24(34)18-16-22)33(23-13-10-14-23)28(36)25(20-21-11-8-7-9-12-21)32-29(37)38-30(2,3)4/h7-9,11-12,15-18,23,25-26,34H,5-6,10,13-14,19-20H2,1-4H3,(H,31,35)(H,32,37). The minimum absolute atomic E-state index is 0.0777. The third-order valence-corrected chi connectivity index (χ3v) is 6.56. The molecule has 8 heteroatoms. The number of aromatic hydroxyl groups is 1. The lowest BCUT2D eigenvalue weighted by Crippen LogP contribution is -2.58. The van der Waals surface area contributed by atoms with Crippen LogP contribution in [0.1, 0.15) is 77.0 Å². The van der Waals surface area contributed by atoms with Crippen molar-refractivity contribution in [2.75, 3.05) is 6.54 Å². The predicted molar refractivity (Wildman–Crippen MR) is 147 cm³/mol. The number of nitrogens with zero attached hydrogens (tertiary/aromatic N) is 1. The number of carbonyl (C=O) groups excluding carboxylic acids is 3. The summed E-state index contributed by atoms with van der Waals surface area (Å²) in [6.07, 6.45) is 3.81. The largest absolute Gasteiger partial charge is 0.508 e. The molecule has 1 aliphatic rings. The first kappa shape index (κ1) is 29.0. The third kappa shape index (κ3) is 8.23. The first-order valence-electron chi connectivity index (χ1n) is 13.5. The Morgan fingerprint density at radius 3 is 2.26 bits per heavy atom. The molecule has 2 unspecified atom stereocenters. The Balaban J connectivity index is 1.99. The molecule has 2 aromatic rings. The van der Waals surface area contributed by atoms with E-state index >= 15 is 0 Å². The number of carbonyl (C=O) groups is 3. The molecule has 0 spiro atoms. The maximum Gasteiger partial charge on any atom is 0.408 e. The zero-order valence-corrected chi connectivity index (χ0v) is 22.9. The van der Waals surface area contributed by atoms with Gasteiger partial charge in [0.1, 0.15) is 23.4 Å². The lowest BCUT2D eigenvalue weighted by Gasteiger charge is -2.43. The van der Waals surface area contributed by atoms with Crippen LogP contribution in [0, 0.1) is 0 Å². The number of benzene rings is 2. The van der Waals surface area contributed by atoms with Crippen LogP contribution in [0.3, 0.4) is 0 Å². The van der Waals surface area contributed by atoms with Crippen LogP contribution in [0.2, 0.25) is 0 Å². The van der Waals surface area contributed by atoms with Gasteiger partial charge in [0, 0.05) is 19.0 Å². The maximum absolute atomic E-state index is 14.3. The van der Waals surface area contributed by atoms with E-state index in [1.165, 1.54) is 12.1 Å². The normalized spacial score (nSPS) is 15.1. The van der Waals surface area contributed by atoms with Gasteiger partial charge in [0.05, 0.1) is 0 Å². The smallest absolute Gasteiger partial charge is 0.408 e. The molecule has 1 fully saturated rings. The van der Waals surface area contributed by atoms with Crippen molar-refractivity contribution in [1.29, 1.82) is 0 Å². The average Bonchev–Trinajstić information content (AvgIpc) is 2.82. The fourth-order valence-corrected chi connectivity index (χ4v) is 4.44. The van der Waals surface area contributed by atoms with Crippen molar-refractivity contribution in [1.82, 2.24) is 15.5 Å². The summed E-state index contributed by atoms with van der Waals surface area (Å²) in [5, 5.41) is 15.6. The molecule has 3 N–H and O–H groups in total. The monoisotopic (exact) mass is 523 g/mol. The molecule has 3 amide bonds. The van der Waals surface area contributed by atoms with Crippen molar-refractivity contribution in [3.05, 3.63) is 65.7 Å². The highest BCUT2D eigenvalue weighted by molar-refractivity contribution is 5.92. The lowest BCUT2D eigenvalue weighted by atomic mass is 9.87. The zero-order chi connectivity index (χ0) is 27.7. The number of rotatable bonds is 11. The summed E-state index contributed by atoms with van der Waals surface area (Å²) in [7, 11) is 0. The van der Waals surface area contributed by atoms with E-state index in [2.05, 4.69) is 10.6 Å². The first-order chi connectivity index (χ1) is 18.1. The van der Waals surface area contributed by atoms with Gasteiger partial charge in [0.2, 0.25) is 11.8 Å². The van der Waals surface area contributed by atoms with E-state index in [1.807, 2.05) is 37.3 Å². The summed E-state index contributed by atoms with van der Waals surface area (Å²) in [5.74, 6) is -0.540. The number of unbranched alkanes of at least 4 members (excludes halogenated alkanes) is 1. The van der Waals surface area contributed by atoms with E-state index in [0.717, 1.165) is 37.7 Å². The number of hydrogen-bond donors (Lipinski definition) is 3. The number of alkyl carbamates (subject to hydrolysis) is 1. The Hall–Kier alpha value is -3.55. The minimum atomic E-state index is -0.934. The van der Waals surface area contributed by atoms with Gasteiger partial charge < -0.3 is 25.4 Å². The Bertz CT molecular complexity index is 1060. The van der Waals surface area contributed by atoms with Crippen LogP contribution in [0.25, 0.3) is 0 Å². The molecule has 206 valence electrons. The molecule has 0 bridgehead atoms. The second-order valence-electron chi connectivity index (χ2n) is 10.9. The van der Waals surface area contributed by atoms with Crippen molar-refractivity contribution < 1.29 is 24.2 Å². The highest BCUT2D eigenvalue weighted by Gasteiger charge is 2.42. The Morgan fingerprint density at radius 1 is 1.05 bits per heavy atom. The molecule has 0 aliphatic heterocycles. The molecule has 38 heavy (non-hydrogen) atoms. The molecule has 3 rings (SSSR count). The second kappa shape index (κ2) is 13.3. The molecule has 0 aromatic heterocycles. The second-order valence-corrected chi connectivity index (χ2v) is 10.9. The van der Waals surface area contributed by atoms with Gasteiger partial charge in [-0.3, -0.25) is 9.59 Å². The van der Waals surface area contributed by atoms with Crippen LogP contribution in [0.5, 0.6) is 5.75 Å². The summed E-state index contributed by atoms with van der Waals surface area (Å²) in [6.45, 7) is 7.85. The van der Waals surface area contributed by atoms with Crippen molar-refractivity contribution >= 4 is 17.9 Å². The highest BCUT2D eigenvalue weighted by atomic mass is 16.6. The zero-order valence-electron chi connectivity index (χ0n) is 22.9. The van der Waals surface area contributed by atoms with E-state index in [4.69, 9.17) is 4.74 Å². The number of amides is 3. The van der Waals surface area contributed by atoms with E-state index < -0.39 is 23.8 Å². The Kier molecular flexibility index (Phi) is 10.2. The molecule has 2 aromatic carbocycles. The molecule has 8 nitrogen and oxygen atoms in total. The van der Waals surface area contributed by atoms with Crippen LogP contribution in [0.4, 0.5) is 4.79 Å². The van der Waals surface area contributed by atoms with Crippen LogP contribution < -0.4 is 10.6 Å². The SMILES string of the molecule is CCCCNC(=O)C(c1ccc(O)cc1)N(C(=O)C(Cc1ccccc1)NC(=O)OC(C)(C)C)C1CCC1. The van der Waals surface area contributed by atoms with Crippen molar-refractivity contribution in [3.8, 4) is 5.75 Å². The van der Waals surface area contributed by atoms with Crippen LogP contribution >= 0.6 is 0 Å². The number of hydrogen-bond acceptors (Lipinski definition) is 5. The molecule has 0 saturated heterocycles. The number of phenols is 1. The van der Waals surface area contributed by atoms with Gasteiger partial charge in [-0.15, -0.1) is 0 Å². The molecule has 0 heterocycles. The van der Waals surface area contributed by atoms with Gasteiger partial charge in [0.15, 0.2) is 0 Å². The molecular formula is C30H41N3O5. The minimum Gasteiger partial charge on any atom is -0.508 e. The van der Waals surface area contributed by atoms with Crippen LogP contribution in [0.15, 0.2) is 54.6 Å². The van der Waals surface area contributed by atoms with Crippen molar-refractivity contribution in [3.63, 3.8) is 0 Å². The van der Waals surface area contributed by atoms with Crippen molar-refractivity contribution in [2.45, 2.75) is 89.9 Å². The van der Waals surface area contributed by atoms with Gasteiger partial charge in [-0.1, -0.05) is 55.8 Å². The lowest BCUT2D eigenvalue weighted by molar-refractivity contribution is -0.147. The van der Waals surface area contributed by atoms with Gasteiger partial charge in [-0.2, -0.15) is 0 Å². The van der Waals surface area contributed by atoms with E-state index in [0.29, 0.717) is 12.1 Å². The number of phenolic OH excluding ortho intramolecular Hbond substituents is 1. The Morgan fingerprint density at radius 2 is 1.71 bits per heavy atom.